The van der Waals surface area contributed by atoms with Crippen LogP contribution < -0.4 is 4.74 Å². The first kappa shape index (κ1) is 11.0. The van der Waals surface area contributed by atoms with Gasteiger partial charge in [0, 0.05) is 0 Å². The second kappa shape index (κ2) is 4.53. The quantitative estimate of drug-likeness (QED) is 0.769. The van der Waals surface area contributed by atoms with Gasteiger partial charge in [-0.05, 0) is 24.6 Å². The summed E-state index contributed by atoms with van der Waals surface area (Å²) in [5, 5.41) is 8.84. The van der Waals surface area contributed by atoms with Gasteiger partial charge in [-0.15, -0.1) is 0 Å². The lowest BCUT2D eigenvalue weighted by atomic mass is 10.0. The summed E-state index contributed by atoms with van der Waals surface area (Å²) in [6, 6.07) is 7.14. The summed E-state index contributed by atoms with van der Waals surface area (Å²) in [7, 11) is 0. The summed E-state index contributed by atoms with van der Waals surface area (Å²) < 4.78 is 10.5. The Balaban J connectivity index is 1.94. The number of hydrogen-bond acceptors (Lipinski definition) is 3. The minimum atomic E-state index is -0.819. The molecule has 2 atom stereocenters. The van der Waals surface area contributed by atoms with Gasteiger partial charge in [0.1, 0.15) is 18.5 Å². The molecule has 2 rings (SSSR count). The van der Waals surface area contributed by atoms with E-state index in [1.807, 2.05) is 0 Å². The number of rotatable bonds is 5. The fraction of sp³-hybridized carbons (Fsp3) is 0.417. The van der Waals surface area contributed by atoms with Gasteiger partial charge in [-0.3, -0.25) is 4.79 Å². The second-order valence-electron chi connectivity index (χ2n) is 3.90. The Morgan fingerprint density at radius 1 is 1.56 bits per heavy atom. The topological polar surface area (TPSA) is 59.1 Å². The molecule has 1 fully saturated rings. The molecule has 1 aliphatic rings. The first-order valence-electron chi connectivity index (χ1n) is 5.24. The SMILES string of the molecule is CC(C(=O)O)c1ccc(OC[C@@H]2CO2)cc1. The maximum absolute atomic E-state index is 10.8. The lowest BCUT2D eigenvalue weighted by molar-refractivity contribution is -0.138. The Morgan fingerprint density at radius 3 is 2.69 bits per heavy atom. The van der Waals surface area contributed by atoms with Crippen LogP contribution in [0.15, 0.2) is 24.3 Å². The monoisotopic (exact) mass is 222 g/mol. The number of epoxide rings is 1. The molecule has 4 heteroatoms. The molecule has 1 unspecified atom stereocenters. The van der Waals surface area contributed by atoms with E-state index in [-0.39, 0.29) is 6.10 Å². The van der Waals surface area contributed by atoms with Crippen molar-refractivity contribution >= 4 is 5.97 Å². The summed E-state index contributed by atoms with van der Waals surface area (Å²) in [6.45, 7) is 3.00. The Kier molecular flexibility index (Phi) is 3.10. The fourth-order valence-electron chi connectivity index (χ4n) is 1.35. The van der Waals surface area contributed by atoms with Gasteiger partial charge in [-0.2, -0.15) is 0 Å². The predicted octanol–water partition coefficient (Wildman–Crippen LogP) is 1.65. The highest BCUT2D eigenvalue weighted by Gasteiger charge is 2.23. The second-order valence-corrected chi connectivity index (χ2v) is 3.90. The van der Waals surface area contributed by atoms with Crippen LogP contribution in [0.25, 0.3) is 0 Å². The zero-order valence-corrected chi connectivity index (χ0v) is 9.05. The van der Waals surface area contributed by atoms with Gasteiger partial charge in [0.05, 0.1) is 12.5 Å². The third kappa shape index (κ3) is 2.73. The number of carboxylic acids is 1. The average Bonchev–Trinajstić information content (AvgIpc) is 3.10. The molecule has 0 amide bonds. The van der Waals surface area contributed by atoms with Gasteiger partial charge >= 0.3 is 5.97 Å². The zero-order valence-electron chi connectivity index (χ0n) is 9.05. The molecule has 1 aliphatic heterocycles. The lowest BCUT2D eigenvalue weighted by Crippen LogP contribution is -2.07. The number of hydrogen-bond donors (Lipinski definition) is 1. The van der Waals surface area contributed by atoms with Crippen molar-refractivity contribution in [2.24, 2.45) is 0 Å². The highest BCUT2D eigenvalue weighted by Crippen LogP contribution is 2.20. The molecular weight excluding hydrogens is 208 g/mol. The van der Waals surface area contributed by atoms with E-state index in [9.17, 15) is 4.79 Å². The van der Waals surface area contributed by atoms with Crippen molar-refractivity contribution in [1.82, 2.24) is 0 Å². The third-order valence-electron chi connectivity index (χ3n) is 2.59. The van der Waals surface area contributed by atoms with Crippen molar-refractivity contribution in [2.75, 3.05) is 13.2 Å². The largest absolute Gasteiger partial charge is 0.491 e. The van der Waals surface area contributed by atoms with Gasteiger partial charge in [0.25, 0.3) is 0 Å². The molecule has 4 nitrogen and oxygen atoms in total. The molecule has 0 saturated carbocycles. The summed E-state index contributed by atoms with van der Waals surface area (Å²) in [6.07, 6.45) is 0.234. The summed E-state index contributed by atoms with van der Waals surface area (Å²) in [4.78, 5) is 10.8. The molecule has 0 spiro atoms. The fourth-order valence-corrected chi connectivity index (χ4v) is 1.35. The smallest absolute Gasteiger partial charge is 0.310 e. The third-order valence-corrected chi connectivity index (χ3v) is 2.59. The van der Waals surface area contributed by atoms with Crippen molar-refractivity contribution in [1.29, 1.82) is 0 Å². The Hall–Kier alpha value is -1.55. The standard InChI is InChI=1S/C12H14O4/c1-8(12(13)14)9-2-4-10(5-3-9)15-6-11-7-16-11/h2-5,8,11H,6-7H2,1H3,(H,13,14)/t8?,11-/m1/s1. The van der Waals surface area contributed by atoms with Crippen LogP contribution in [0, 0.1) is 0 Å². The van der Waals surface area contributed by atoms with Crippen molar-refractivity contribution in [2.45, 2.75) is 18.9 Å². The molecule has 0 bridgehead atoms. The highest BCUT2D eigenvalue weighted by atomic mass is 16.6. The van der Waals surface area contributed by atoms with Crippen molar-refractivity contribution < 1.29 is 19.4 Å². The van der Waals surface area contributed by atoms with E-state index in [0.717, 1.165) is 17.9 Å². The summed E-state index contributed by atoms with van der Waals surface area (Å²) in [5.74, 6) is -0.558. The number of carbonyl (C=O) groups is 1. The van der Waals surface area contributed by atoms with Gasteiger partial charge in [-0.1, -0.05) is 12.1 Å². The lowest BCUT2D eigenvalue weighted by Gasteiger charge is -2.08. The molecule has 1 heterocycles. The maximum atomic E-state index is 10.8. The number of ether oxygens (including phenoxy) is 2. The highest BCUT2D eigenvalue weighted by molar-refractivity contribution is 5.75. The summed E-state index contributed by atoms with van der Waals surface area (Å²) >= 11 is 0. The van der Waals surface area contributed by atoms with Gasteiger partial charge in [0.2, 0.25) is 0 Å². The molecule has 1 saturated heterocycles. The predicted molar refractivity (Wildman–Crippen MR) is 57.7 cm³/mol. The van der Waals surface area contributed by atoms with Gasteiger partial charge in [-0.25, -0.2) is 0 Å². The number of benzene rings is 1. The van der Waals surface area contributed by atoms with E-state index in [0.29, 0.717) is 6.61 Å². The number of aliphatic carboxylic acids is 1. The van der Waals surface area contributed by atoms with E-state index in [2.05, 4.69) is 0 Å². The molecule has 1 aromatic carbocycles. The van der Waals surface area contributed by atoms with Crippen LogP contribution >= 0.6 is 0 Å². The molecule has 86 valence electrons. The van der Waals surface area contributed by atoms with Crippen LogP contribution in [0.4, 0.5) is 0 Å². The molecule has 16 heavy (non-hydrogen) atoms. The molecule has 0 aromatic heterocycles. The van der Waals surface area contributed by atoms with Crippen LogP contribution in [0.3, 0.4) is 0 Å². The van der Waals surface area contributed by atoms with E-state index in [1.165, 1.54) is 0 Å². The van der Waals surface area contributed by atoms with E-state index >= 15 is 0 Å². The van der Waals surface area contributed by atoms with Crippen LogP contribution in [-0.4, -0.2) is 30.4 Å². The van der Waals surface area contributed by atoms with Gasteiger partial charge in [0.15, 0.2) is 0 Å². The molecule has 1 N–H and O–H groups in total. The van der Waals surface area contributed by atoms with Gasteiger partial charge < -0.3 is 14.6 Å². The Bertz CT molecular complexity index is 367. The van der Waals surface area contributed by atoms with E-state index < -0.39 is 11.9 Å². The van der Waals surface area contributed by atoms with E-state index in [1.54, 1.807) is 31.2 Å². The first-order chi connectivity index (χ1) is 7.66. The molecular formula is C12H14O4. The normalized spacial score (nSPS) is 20.2. The van der Waals surface area contributed by atoms with Crippen LogP contribution in [0.2, 0.25) is 0 Å². The Morgan fingerprint density at radius 2 is 2.19 bits per heavy atom. The Labute approximate surface area is 93.8 Å². The molecule has 0 aliphatic carbocycles. The van der Waals surface area contributed by atoms with Crippen LogP contribution in [-0.2, 0) is 9.53 Å². The minimum Gasteiger partial charge on any atom is -0.491 e. The van der Waals surface area contributed by atoms with Crippen LogP contribution in [0.5, 0.6) is 5.75 Å². The van der Waals surface area contributed by atoms with Crippen molar-refractivity contribution in [3.63, 3.8) is 0 Å². The van der Waals surface area contributed by atoms with Crippen LogP contribution in [0.1, 0.15) is 18.4 Å². The van der Waals surface area contributed by atoms with Crippen molar-refractivity contribution in [3.8, 4) is 5.75 Å². The van der Waals surface area contributed by atoms with Crippen molar-refractivity contribution in [3.05, 3.63) is 29.8 Å². The first-order valence-corrected chi connectivity index (χ1v) is 5.24. The molecule has 1 aromatic rings. The minimum absolute atomic E-state index is 0.234. The summed E-state index contributed by atoms with van der Waals surface area (Å²) in [5.41, 5.74) is 0.780. The van der Waals surface area contributed by atoms with E-state index in [4.69, 9.17) is 14.6 Å². The zero-order chi connectivity index (χ0) is 11.5. The molecule has 0 radical (unpaired) electrons. The number of carboxylic acid groups (broad SMARTS) is 1. The maximum Gasteiger partial charge on any atom is 0.310 e. The average molecular weight is 222 g/mol.